The Morgan fingerprint density at radius 3 is 1.72 bits per heavy atom. The summed E-state index contributed by atoms with van der Waals surface area (Å²) in [4.78, 5) is 50.8. The maximum absolute atomic E-state index is 13.8. The van der Waals surface area contributed by atoms with Gasteiger partial charge in [-0.25, -0.2) is 9.36 Å². The number of aromatic nitrogens is 6. The lowest BCUT2D eigenvalue weighted by atomic mass is 9.60. The van der Waals surface area contributed by atoms with E-state index in [1.807, 2.05) is 35.3 Å². The molecule has 2 unspecified atom stereocenters. The van der Waals surface area contributed by atoms with Crippen LogP contribution in [0.1, 0.15) is 165 Å². The summed E-state index contributed by atoms with van der Waals surface area (Å²) in [6.07, 6.45) is 14.1. The highest BCUT2D eigenvalue weighted by molar-refractivity contribution is 5.84. The van der Waals surface area contributed by atoms with Gasteiger partial charge in [0.25, 0.3) is 0 Å². The van der Waals surface area contributed by atoms with Crippen LogP contribution in [0.15, 0.2) is 60.7 Å². The fourth-order valence-corrected chi connectivity index (χ4v) is 13.9. The number of benzene rings is 4. The number of amides is 1. The van der Waals surface area contributed by atoms with Crippen LogP contribution in [0.3, 0.4) is 0 Å². The van der Waals surface area contributed by atoms with Crippen LogP contribution in [0.25, 0.3) is 22.1 Å². The number of rotatable bonds is 12. The molecule has 0 saturated heterocycles. The van der Waals surface area contributed by atoms with Gasteiger partial charge in [-0.15, -0.1) is 10.2 Å². The van der Waals surface area contributed by atoms with Crippen molar-refractivity contribution in [1.82, 2.24) is 40.2 Å². The molecule has 396 valence electrons. The van der Waals surface area contributed by atoms with Gasteiger partial charge in [-0.3, -0.25) is 19.2 Å². The van der Waals surface area contributed by atoms with E-state index >= 15 is 0 Å². The molecule has 1 amide bonds. The van der Waals surface area contributed by atoms with Gasteiger partial charge in [0.15, 0.2) is 0 Å². The zero-order valence-corrected chi connectivity index (χ0v) is 44.5. The zero-order valence-electron chi connectivity index (χ0n) is 44.5. The minimum Gasteiger partial charge on any atom is -0.481 e. The number of carbonyl (C=O) groups excluding carboxylic acids is 2. The number of esters is 1. The molecule has 15 heteroatoms. The van der Waals surface area contributed by atoms with Gasteiger partial charge < -0.3 is 25.2 Å². The van der Waals surface area contributed by atoms with Gasteiger partial charge >= 0.3 is 17.9 Å². The van der Waals surface area contributed by atoms with E-state index in [2.05, 4.69) is 93.2 Å². The van der Waals surface area contributed by atoms with E-state index in [0.29, 0.717) is 18.9 Å². The Morgan fingerprint density at radius 1 is 0.680 bits per heavy atom. The molecule has 0 radical (unpaired) electrons. The van der Waals surface area contributed by atoms with Crippen LogP contribution in [-0.4, -0.2) is 89.1 Å². The molecule has 5 aliphatic carbocycles. The Hall–Kier alpha value is -6.48. The number of carbonyl (C=O) groups is 4. The van der Waals surface area contributed by atoms with E-state index in [9.17, 15) is 24.3 Å². The smallest absolute Gasteiger partial charge is 0.309 e. The minimum absolute atomic E-state index is 0.0000289. The van der Waals surface area contributed by atoms with Gasteiger partial charge in [0, 0.05) is 50.0 Å². The minimum atomic E-state index is -0.830. The van der Waals surface area contributed by atoms with Gasteiger partial charge in [-0.2, -0.15) is 0 Å². The number of methoxy groups -OCH3 is 1. The highest BCUT2D eigenvalue weighted by atomic mass is 16.5. The number of ether oxygens (including phenoxy) is 1. The average molecular weight is 1020 g/mol. The number of nitrogens with one attached hydrogen (secondary N) is 1. The average Bonchev–Trinajstić information content (AvgIpc) is 4.28. The third-order valence-electron chi connectivity index (χ3n) is 18.5. The number of fused-ring (bicyclic) bond motifs is 9. The van der Waals surface area contributed by atoms with Gasteiger partial charge in [0.05, 0.1) is 36.4 Å². The molecule has 0 spiro atoms. The van der Waals surface area contributed by atoms with E-state index in [-0.39, 0.29) is 35.1 Å². The fraction of sp³-hybridized carbons (Fsp3) is 0.533. The second kappa shape index (κ2) is 21.6. The Bertz CT molecular complexity index is 3110. The molecule has 2 aliphatic heterocycles. The highest BCUT2D eigenvalue weighted by Gasteiger charge is 2.50. The number of carboxylic acids is 2. The predicted molar refractivity (Wildman–Crippen MR) is 286 cm³/mol. The van der Waals surface area contributed by atoms with Crippen molar-refractivity contribution in [1.29, 1.82) is 0 Å². The molecule has 13 rings (SSSR count). The Morgan fingerprint density at radius 2 is 1.21 bits per heavy atom. The summed E-state index contributed by atoms with van der Waals surface area (Å²) in [5.41, 5.74) is 14.7. The van der Waals surface area contributed by atoms with E-state index in [0.717, 1.165) is 170 Å². The predicted octanol–water partition coefficient (Wildman–Crippen LogP) is 9.97. The summed E-state index contributed by atoms with van der Waals surface area (Å²) in [6.45, 7) is 13.0. The van der Waals surface area contributed by atoms with Crippen molar-refractivity contribution >= 4 is 45.9 Å². The van der Waals surface area contributed by atoms with Crippen LogP contribution < -0.4 is 5.32 Å². The van der Waals surface area contributed by atoms with Crippen molar-refractivity contribution in [2.24, 2.45) is 22.7 Å². The third kappa shape index (κ3) is 10.2. The molecule has 4 heterocycles. The van der Waals surface area contributed by atoms with Crippen molar-refractivity contribution in [3.8, 4) is 0 Å². The normalized spacial score (nSPS) is 23.1. The van der Waals surface area contributed by atoms with Crippen LogP contribution in [0.4, 0.5) is 0 Å². The lowest BCUT2D eigenvalue weighted by Gasteiger charge is -2.48. The number of aliphatic carboxylic acids is 2. The van der Waals surface area contributed by atoms with Gasteiger partial charge in [-0.05, 0) is 197 Å². The van der Waals surface area contributed by atoms with Crippen LogP contribution in [0.5, 0.6) is 0 Å². The van der Waals surface area contributed by atoms with Crippen LogP contribution in [0, 0.1) is 36.5 Å². The first-order valence-corrected chi connectivity index (χ1v) is 27.6. The number of hydrogen-bond donors (Lipinski definition) is 3. The molecule has 5 fully saturated rings. The maximum Gasteiger partial charge on any atom is 0.309 e. The molecular formula is C60H74N8O7. The lowest BCUT2D eigenvalue weighted by Crippen LogP contribution is -2.49. The topological polar surface area (TPSA) is 195 Å². The summed E-state index contributed by atoms with van der Waals surface area (Å²) in [5, 5.41) is 39.4. The molecular weight excluding hydrogens is 945 g/mol. The molecule has 4 aromatic carbocycles. The summed E-state index contributed by atoms with van der Waals surface area (Å²) in [5.74, 6) is -0.0266. The fourth-order valence-electron chi connectivity index (χ4n) is 13.9. The Kier molecular flexibility index (Phi) is 15.0. The maximum atomic E-state index is 13.8. The SMILES string of the molecule is CCn1nnc2c(C)c(C(CC(=O)O)c3ccc4c(c3)CN(C(=O)C35CCC(CC3)CC5)CC4)ccc21.CCn1nnc2c(C)c(C(CC(=O)OC)c3ccc4c(c3)CNCC4)ccc21.O=C(O)C12CCC(CC1)C2. The number of nitrogens with zero attached hydrogens (tertiary/aromatic N) is 7. The number of aryl methyl sites for hydroxylation is 4. The van der Waals surface area contributed by atoms with E-state index in [1.165, 1.54) is 43.1 Å². The number of carboxylic acid groups (broad SMARTS) is 2. The molecule has 2 atom stereocenters. The largest absolute Gasteiger partial charge is 0.481 e. The van der Waals surface area contributed by atoms with E-state index < -0.39 is 11.9 Å². The standard InChI is InChI=1S/C30H36N4O3.C22H26N4O2.C8H12O2/c1-3-34-26-7-6-24(19(2)28(26)31-32-34)25(17-27(35)36)22-5-4-21-11-15-33(18-23(21)16-22)29(37)30-12-8-20(9-13-30)10-14-30;1-4-26-20-8-7-18(14(2)22(20)24-25-26)19(12-21(27)28-3)16-6-5-15-9-10-23-13-17(15)11-16;9-7(10)8-3-1-6(5-8)2-4-8/h4-7,16,20,25H,3,8-15,17-18H2,1-2H3,(H,35,36);5-8,11,19,23H,4,9-10,12-13H2,1-3H3;6H,1-5H2,(H,9,10). The van der Waals surface area contributed by atoms with E-state index in [1.54, 1.807) is 0 Å². The summed E-state index contributed by atoms with van der Waals surface area (Å²) in [6, 6.07) is 21.2. The highest BCUT2D eigenvalue weighted by Crippen LogP contribution is 2.54. The van der Waals surface area contributed by atoms with Crippen molar-refractivity contribution in [3.63, 3.8) is 0 Å². The summed E-state index contributed by atoms with van der Waals surface area (Å²) < 4.78 is 8.76. The molecule has 2 aromatic heterocycles. The van der Waals surface area contributed by atoms with Crippen LogP contribution in [-0.2, 0) is 62.9 Å². The molecule has 3 N–H and O–H groups in total. The first kappa shape index (κ1) is 52.0. The summed E-state index contributed by atoms with van der Waals surface area (Å²) >= 11 is 0. The molecule has 75 heavy (non-hydrogen) atoms. The van der Waals surface area contributed by atoms with Gasteiger partial charge in [0.1, 0.15) is 11.0 Å². The first-order valence-electron chi connectivity index (χ1n) is 27.6. The molecule has 6 aromatic rings. The van der Waals surface area contributed by atoms with Crippen molar-refractivity contribution < 1.29 is 34.1 Å². The number of hydrogen-bond acceptors (Lipinski definition) is 10. The Balaban J connectivity index is 0.000000148. The van der Waals surface area contributed by atoms with Gasteiger partial charge in [0.2, 0.25) is 5.91 Å². The third-order valence-corrected chi connectivity index (χ3v) is 18.5. The zero-order chi connectivity index (χ0) is 52.6. The monoisotopic (exact) mass is 1020 g/mol. The first-order chi connectivity index (χ1) is 36.2. The Labute approximate surface area is 439 Å². The molecule has 5 saturated carbocycles. The van der Waals surface area contributed by atoms with Crippen molar-refractivity contribution in [2.45, 2.75) is 162 Å². The van der Waals surface area contributed by atoms with E-state index in [4.69, 9.17) is 9.84 Å². The summed E-state index contributed by atoms with van der Waals surface area (Å²) in [7, 11) is 1.44. The second-order valence-electron chi connectivity index (χ2n) is 22.5. The molecule has 15 nitrogen and oxygen atoms in total. The second-order valence-corrected chi connectivity index (χ2v) is 22.5. The van der Waals surface area contributed by atoms with Crippen LogP contribution >= 0.6 is 0 Å². The molecule has 4 bridgehead atoms. The quantitative estimate of drug-likeness (QED) is 0.0984. The van der Waals surface area contributed by atoms with Crippen molar-refractivity contribution in [3.05, 3.63) is 116 Å². The lowest BCUT2D eigenvalue weighted by molar-refractivity contribution is -0.149. The molecule has 7 aliphatic rings. The van der Waals surface area contributed by atoms with Gasteiger partial charge in [-0.1, -0.05) is 59.0 Å². The van der Waals surface area contributed by atoms with Crippen molar-refractivity contribution in [2.75, 3.05) is 20.2 Å². The van der Waals surface area contributed by atoms with Crippen LogP contribution in [0.2, 0.25) is 0 Å².